The van der Waals surface area contributed by atoms with Gasteiger partial charge in [0.2, 0.25) is 0 Å². The number of fused-ring (bicyclic) bond motifs is 1. The van der Waals surface area contributed by atoms with Gasteiger partial charge in [-0.15, -0.1) is 0 Å². The average Bonchev–Trinajstić information content (AvgIpc) is 2.99. The predicted octanol–water partition coefficient (Wildman–Crippen LogP) is 0.495. The van der Waals surface area contributed by atoms with Crippen LogP contribution in [-0.2, 0) is 9.53 Å². The normalized spacial score (nSPS) is 17.9. The summed E-state index contributed by atoms with van der Waals surface area (Å²) in [5.74, 6) is -0.788. The minimum atomic E-state index is -0.890. The van der Waals surface area contributed by atoms with E-state index < -0.39 is 23.9 Å². The number of amides is 3. The number of methoxy groups -OCH3 is 1. The smallest absolute Gasteiger partial charge is 0.339 e. The highest BCUT2D eigenvalue weighted by Gasteiger charge is 2.33. The van der Waals surface area contributed by atoms with Gasteiger partial charge in [-0.1, -0.05) is 0 Å². The summed E-state index contributed by atoms with van der Waals surface area (Å²) >= 11 is 0. The largest absolute Gasteiger partial charge is 0.465 e. The van der Waals surface area contributed by atoms with Crippen LogP contribution >= 0.6 is 0 Å². The molecule has 1 saturated heterocycles. The van der Waals surface area contributed by atoms with Crippen LogP contribution in [0.2, 0.25) is 0 Å². The van der Waals surface area contributed by atoms with Gasteiger partial charge >= 0.3 is 12.0 Å². The van der Waals surface area contributed by atoms with Crippen molar-refractivity contribution in [3.8, 4) is 0 Å². The van der Waals surface area contributed by atoms with Gasteiger partial charge in [-0.3, -0.25) is 15.1 Å². The monoisotopic (exact) mass is 275 g/mol. The highest BCUT2D eigenvalue weighted by Crippen LogP contribution is 2.25. The van der Waals surface area contributed by atoms with Gasteiger partial charge in [-0.25, -0.2) is 9.59 Å². The van der Waals surface area contributed by atoms with Crippen LogP contribution in [0.15, 0.2) is 22.7 Å². The van der Waals surface area contributed by atoms with E-state index in [0.29, 0.717) is 11.1 Å². The number of urea groups is 1. The number of imide groups is 1. The van der Waals surface area contributed by atoms with Crippen LogP contribution in [0.3, 0.4) is 0 Å². The van der Waals surface area contributed by atoms with Gasteiger partial charge in [0.15, 0.2) is 11.6 Å². The lowest BCUT2D eigenvalue weighted by molar-refractivity contribution is -0.120. The highest BCUT2D eigenvalue weighted by molar-refractivity contribution is 6.04. The second-order valence-corrected chi connectivity index (χ2v) is 4.14. The molecule has 2 aromatic rings. The van der Waals surface area contributed by atoms with Crippen molar-refractivity contribution in [1.82, 2.24) is 15.6 Å². The molecule has 8 nitrogen and oxygen atoms in total. The summed E-state index contributed by atoms with van der Waals surface area (Å²) in [7, 11) is 1.26. The molecule has 8 heteroatoms. The van der Waals surface area contributed by atoms with Crippen LogP contribution in [0, 0.1) is 0 Å². The van der Waals surface area contributed by atoms with Crippen LogP contribution in [0.4, 0.5) is 4.79 Å². The lowest BCUT2D eigenvalue weighted by atomic mass is 10.2. The highest BCUT2D eigenvalue weighted by atomic mass is 16.5. The van der Waals surface area contributed by atoms with Crippen LogP contribution in [0.5, 0.6) is 0 Å². The number of hydrogen-bond acceptors (Lipinski definition) is 6. The Balaban J connectivity index is 2.00. The number of carbonyl (C=O) groups is 3. The second kappa shape index (κ2) is 4.34. The number of rotatable bonds is 2. The van der Waals surface area contributed by atoms with Crippen LogP contribution in [-0.4, -0.2) is 30.0 Å². The zero-order valence-electron chi connectivity index (χ0n) is 10.3. The second-order valence-electron chi connectivity index (χ2n) is 4.14. The number of aromatic nitrogens is 1. The maximum atomic E-state index is 11.5. The zero-order valence-corrected chi connectivity index (χ0v) is 10.3. The van der Waals surface area contributed by atoms with E-state index in [4.69, 9.17) is 4.42 Å². The summed E-state index contributed by atoms with van der Waals surface area (Å²) in [5.41, 5.74) is 1.04. The third-order valence-corrected chi connectivity index (χ3v) is 2.87. The molecule has 1 atom stereocenters. The Hall–Kier alpha value is -2.90. The number of esters is 1. The van der Waals surface area contributed by atoms with E-state index in [-0.39, 0.29) is 11.3 Å². The van der Waals surface area contributed by atoms with E-state index in [1.165, 1.54) is 25.4 Å². The molecule has 20 heavy (non-hydrogen) atoms. The fourth-order valence-electron chi connectivity index (χ4n) is 1.93. The Morgan fingerprint density at radius 3 is 2.85 bits per heavy atom. The van der Waals surface area contributed by atoms with Gasteiger partial charge in [0.05, 0.1) is 12.7 Å². The van der Waals surface area contributed by atoms with Crippen molar-refractivity contribution >= 4 is 29.0 Å². The standard InChI is InChI=1S/C12H9N3O5/c1-19-11(17)5-2-7-6(13-4-5)3-8(20-7)9-10(16)15-12(18)14-9/h2-4,9H,1H3,(H2,14,15,16,18)/t9-/m0/s1. The van der Waals surface area contributed by atoms with Crippen LogP contribution in [0.25, 0.3) is 11.1 Å². The van der Waals surface area contributed by atoms with Crippen molar-refractivity contribution in [2.45, 2.75) is 6.04 Å². The number of furan rings is 1. The first-order valence-corrected chi connectivity index (χ1v) is 5.67. The average molecular weight is 275 g/mol. The van der Waals surface area contributed by atoms with Gasteiger partial charge < -0.3 is 14.5 Å². The molecular weight excluding hydrogens is 266 g/mol. The topological polar surface area (TPSA) is 111 Å². The predicted molar refractivity (Wildman–Crippen MR) is 64.8 cm³/mol. The van der Waals surface area contributed by atoms with Crippen molar-refractivity contribution in [3.05, 3.63) is 29.7 Å². The van der Waals surface area contributed by atoms with Crippen LogP contribution < -0.4 is 10.6 Å². The van der Waals surface area contributed by atoms with Crippen molar-refractivity contribution in [2.24, 2.45) is 0 Å². The molecule has 1 fully saturated rings. The van der Waals surface area contributed by atoms with E-state index in [9.17, 15) is 14.4 Å². The summed E-state index contributed by atoms with van der Waals surface area (Å²) in [6.07, 6.45) is 1.35. The molecule has 3 heterocycles. The Morgan fingerprint density at radius 1 is 1.40 bits per heavy atom. The summed E-state index contributed by atoms with van der Waals surface area (Å²) in [4.78, 5) is 38.0. The minimum Gasteiger partial charge on any atom is -0.465 e. The fraction of sp³-hybridized carbons (Fsp3) is 0.167. The van der Waals surface area contributed by atoms with Crippen molar-refractivity contribution in [2.75, 3.05) is 7.11 Å². The lowest BCUT2D eigenvalue weighted by Crippen LogP contribution is -2.22. The van der Waals surface area contributed by atoms with E-state index in [0.717, 1.165) is 0 Å². The number of nitrogens with zero attached hydrogens (tertiary/aromatic N) is 1. The van der Waals surface area contributed by atoms with E-state index in [2.05, 4.69) is 20.4 Å². The fourth-order valence-corrected chi connectivity index (χ4v) is 1.93. The molecule has 0 radical (unpaired) electrons. The molecule has 3 amide bonds. The number of nitrogens with one attached hydrogen (secondary N) is 2. The van der Waals surface area contributed by atoms with E-state index in [1.54, 1.807) is 0 Å². The molecular formula is C12H9N3O5. The minimum absolute atomic E-state index is 0.237. The third kappa shape index (κ3) is 1.87. The molecule has 1 aliphatic rings. The van der Waals surface area contributed by atoms with Crippen molar-refractivity contribution in [1.29, 1.82) is 0 Å². The first kappa shape index (κ1) is 12.2. The van der Waals surface area contributed by atoms with Gasteiger partial charge in [-0.05, 0) is 6.07 Å². The molecule has 1 aliphatic heterocycles. The molecule has 0 unspecified atom stereocenters. The molecule has 102 valence electrons. The zero-order chi connectivity index (χ0) is 14.3. The van der Waals surface area contributed by atoms with E-state index >= 15 is 0 Å². The molecule has 2 N–H and O–H groups in total. The number of hydrogen-bond donors (Lipinski definition) is 2. The molecule has 2 aromatic heterocycles. The molecule has 0 bridgehead atoms. The Bertz CT molecular complexity index is 736. The summed E-state index contributed by atoms with van der Waals surface area (Å²) in [5, 5.41) is 4.52. The maximum Gasteiger partial charge on any atom is 0.339 e. The van der Waals surface area contributed by atoms with Gasteiger partial charge in [0.25, 0.3) is 5.91 Å². The number of carbonyl (C=O) groups excluding carboxylic acids is 3. The van der Waals surface area contributed by atoms with Gasteiger partial charge in [0.1, 0.15) is 11.3 Å². The molecule has 0 spiro atoms. The number of pyridine rings is 1. The summed E-state index contributed by atoms with van der Waals surface area (Å²) in [6, 6.07) is 1.53. The Kier molecular flexibility index (Phi) is 2.63. The first-order valence-electron chi connectivity index (χ1n) is 5.67. The summed E-state index contributed by atoms with van der Waals surface area (Å²) in [6.45, 7) is 0. The van der Waals surface area contributed by atoms with Crippen molar-refractivity contribution in [3.63, 3.8) is 0 Å². The quantitative estimate of drug-likeness (QED) is 0.609. The number of ether oxygens (including phenoxy) is 1. The first-order chi connectivity index (χ1) is 9.58. The van der Waals surface area contributed by atoms with Gasteiger partial charge in [0, 0.05) is 12.3 Å². The van der Waals surface area contributed by atoms with E-state index in [1.807, 2.05) is 0 Å². The molecule has 0 aliphatic carbocycles. The van der Waals surface area contributed by atoms with Crippen LogP contribution in [0.1, 0.15) is 22.2 Å². The lowest BCUT2D eigenvalue weighted by Gasteiger charge is -2.01. The van der Waals surface area contributed by atoms with Gasteiger partial charge in [-0.2, -0.15) is 0 Å². The SMILES string of the molecule is COC(=O)c1cnc2cc([C@@H]3NC(=O)NC3=O)oc2c1. The molecule has 3 rings (SSSR count). The summed E-state index contributed by atoms with van der Waals surface area (Å²) < 4.78 is 10.0. The third-order valence-electron chi connectivity index (χ3n) is 2.87. The Labute approximate surface area is 112 Å². The Morgan fingerprint density at radius 2 is 2.20 bits per heavy atom. The molecule has 0 aromatic carbocycles. The van der Waals surface area contributed by atoms with Crippen molar-refractivity contribution < 1.29 is 23.5 Å². The molecule has 0 saturated carbocycles. The maximum absolute atomic E-state index is 11.5.